The Labute approximate surface area is 81.8 Å². The lowest BCUT2D eigenvalue weighted by atomic mass is 10.2. The fourth-order valence-corrected chi connectivity index (χ4v) is 1.34. The van der Waals surface area contributed by atoms with Crippen LogP contribution in [0.2, 0.25) is 0 Å². The number of alkyl halides is 1. The van der Waals surface area contributed by atoms with Gasteiger partial charge in [-0.05, 0) is 23.8 Å². The van der Waals surface area contributed by atoms with Gasteiger partial charge in [0, 0.05) is 18.3 Å². The third-order valence-electron chi connectivity index (χ3n) is 1.86. The topological polar surface area (TPSA) is 17.8 Å². The Hall–Kier alpha value is -1.28. The summed E-state index contributed by atoms with van der Waals surface area (Å²) < 4.78 is 1.82. The van der Waals surface area contributed by atoms with Gasteiger partial charge in [0.2, 0.25) is 0 Å². The summed E-state index contributed by atoms with van der Waals surface area (Å²) >= 11 is 5.68. The normalized spacial score (nSPS) is 10.2. The van der Waals surface area contributed by atoms with Crippen molar-refractivity contribution in [2.75, 3.05) is 0 Å². The van der Waals surface area contributed by atoms with E-state index in [0.717, 1.165) is 11.3 Å². The van der Waals surface area contributed by atoms with Gasteiger partial charge in [-0.15, -0.1) is 11.6 Å². The molecule has 0 saturated heterocycles. The van der Waals surface area contributed by atoms with E-state index in [-0.39, 0.29) is 0 Å². The molecule has 0 aliphatic carbocycles. The molecule has 0 atom stereocenters. The Bertz CT molecular complexity index is 364. The number of rotatable bonds is 2. The van der Waals surface area contributed by atoms with Crippen molar-refractivity contribution in [2.24, 2.45) is 0 Å². The van der Waals surface area contributed by atoms with E-state index in [1.165, 1.54) is 0 Å². The Morgan fingerprint density at radius 2 is 2.00 bits per heavy atom. The van der Waals surface area contributed by atoms with E-state index < -0.39 is 0 Å². The molecular formula is C10H9ClN2. The second kappa shape index (κ2) is 3.62. The summed E-state index contributed by atoms with van der Waals surface area (Å²) in [5, 5.41) is 4.13. The van der Waals surface area contributed by atoms with Crippen LogP contribution < -0.4 is 0 Å². The van der Waals surface area contributed by atoms with Gasteiger partial charge in [-0.25, -0.2) is 4.68 Å². The van der Waals surface area contributed by atoms with E-state index in [0.29, 0.717) is 5.88 Å². The third kappa shape index (κ3) is 1.73. The minimum atomic E-state index is 0.555. The van der Waals surface area contributed by atoms with Crippen LogP contribution >= 0.6 is 11.6 Å². The van der Waals surface area contributed by atoms with Gasteiger partial charge >= 0.3 is 0 Å². The number of nitrogens with zero attached hydrogens (tertiary/aromatic N) is 2. The van der Waals surface area contributed by atoms with E-state index in [1.54, 1.807) is 6.20 Å². The first kappa shape index (κ1) is 8.32. The van der Waals surface area contributed by atoms with Crippen molar-refractivity contribution in [3.63, 3.8) is 0 Å². The smallest absolute Gasteiger partial charge is 0.0645 e. The maximum atomic E-state index is 5.68. The van der Waals surface area contributed by atoms with E-state index >= 15 is 0 Å². The Morgan fingerprint density at radius 3 is 2.54 bits per heavy atom. The first-order valence-corrected chi connectivity index (χ1v) is 4.58. The van der Waals surface area contributed by atoms with Crippen LogP contribution in [0.3, 0.4) is 0 Å². The van der Waals surface area contributed by atoms with Crippen LogP contribution in [0.25, 0.3) is 5.69 Å². The largest absolute Gasteiger partial charge is 0.241 e. The second-order valence-corrected chi connectivity index (χ2v) is 3.02. The van der Waals surface area contributed by atoms with Crippen molar-refractivity contribution < 1.29 is 0 Å². The number of hydrogen-bond acceptors (Lipinski definition) is 1. The van der Waals surface area contributed by atoms with Crippen LogP contribution in [-0.2, 0) is 5.88 Å². The molecule has 3 heteroatoms. The molecule has 0 aliphatic heterocycles. The standard InChI is InChI=1S/C10H9ClN2/c11-8-9-2-4-10(5-3-9)13-7-1-6-12-13/h1-7H,8H2. The molecule has 0 saturated carbocycles. The van der Waals surface area contributed by atoms with Gasteiger partial charge in [0.25, 0.3) is 0 Å². The quantitative estimate of drug-likeness (QED) is 0.669. The molecule has 0 bridgehead atoms. The molecule has 0 unspecified atom stereocenters. The van der Waals surface area contributed by atoms with Crippen molar-refractivity contribution in [1.29, 1.82) is 0 Å². The number of benzene rings is 1. The van der Waals surface area contributed by atoms with Crippen LogP contribution in [0.4, 0.5) is 0 Å². The minimum Gasteiger partial charge on any atom is -0.241 e. The molecule has 0 radical (unpaired) electrons. The van der Waals surface area contributed by atoms with Crippen LogP contribution in [0.5, 0.6) is 0 Å². The van der Waals surface area contributed by atoms with E-state index in [9.17, 15) is 0 Å². The highest BCUT2D eigenvalue weighted by Gasteiger charge is 1.95. The van der Waals surface area contributed by atoms with Gasteiger partial charge in [0.1, 0.15) is 0 Å². The summed E-state index contributed by atoms with van der Waals surface area (Å²) in [6.45, 7) is 0. The zero-order chi connectivity index (χ0) is 9.10. The van der Waals surface area contributed by atoms with Gasteiger partial charge < -0.3 is 0 Å². The van der Waals surface area contributed by atoms with Crippen molar-refractivity contribution in [1.82, 2.24) is 9.78 Å². The molecular weight excluding hydrogens is 184 g/mol. The van der Waals surface area contributed by atoms with Crippen molar-refractivity contribution >= 4 is 11.6 Å². The highest BCUT2D eigenvalue weighted by molar-refractivity contribution is 6.17. The maximum absolute atomic E-state index is 5.68. The molecule has 66 valence electrons. The minimum absolute atomic E-state index is 0.555. The molecule has 0 N–H and O–H groups in total. The third-order valence-corrected chi connectivity index (χ3v) is 2.17. The summed E-state index contributed by atoms with van der Waals surface area (Å²) in [5.41, 5.74) is 2.18. The molecule has 0 amide bonds. The molecule has 0 spiro atoms. The maximum Gasteiger partial charge on any atom is 0.0645 e. The second-order valence-electron chi connectivity index (χ2n) is 2.75. The van der Waals surface area contributed by atoms with Gasteiger partial charge in [0.15, 0.2) is 0 Å². The van der Waals surface area contributed by atoms with Gasteiger partial charge in [-0.3, -0.25) is 0 Å². The molecule has 1 aromatic carbocycles. The molecule has 2 rings (SSSR count). The van der Waals surface area contributed by atoms with E-state index in [1.807, 2.05) is 41.2 Å². The highest BCUT2D eigenvalue weighted by Crippen LogP contribution is 2.09. The molecule has 1 heterocycles. The zero-order valence-corrected chi connectivity index (χ0v) is 7.78. The highest BCUT2D eigenvalue weighted by atomic mass is 35.5. The van der Waals surface area contributed by atoms with Crippen LogP contribution in [0, 0.1) is 0 Å². The van der Waals surface area contributed by atoms with Crippen molar-refractivity contribution in [3.8, 4) is 5.69 Å². The monoisotopic (exact) mass is 192 g/mol. The zero-order valence-electron chi connectivity index (χ0n) is 7.02. The predicted octanol–water partition coefficient (Wildman–Crippen LogP) is 2.61. The van der Waals surface area contributed by atoms with Crippen molar-refractivity contribution in [2.45, 2.75) is 5.88 Å². The predicted molar refractivity (Wildman–Crippen MR) is 53.1 cm³/mol. The Kier molecular flexibility index (Phi) is 2.32. The SMILES string of the molecule is ClCc1ccc(-n2cccn2)cc1. The lowest BCUT2D eigenvalue weighted by Gasteiger charge is -2.01. The first-order chi connectivity index (χ1) is 6.40. The summed E-state index contributed by atoms with van der Waals surface area (Å²) in [6, 6.07) is 9.92. The fraction of sp³-hybridized carbons (Fsp3) is 0.100. The molecule has 0 fully saturated rings. The summed E-state index contributed by atoms with van der Waals surface area (Å²) in [5.74, 6) is 0.555. The van der Waals surface area contributed by atoms with Crippen molar-refractivity contribution in [3.05, 3.63) is 48.3 Å². The Morgan fingerprint density at radius 1 is 1.23 bits per heavy atom. The number of halogens is 1. The lowest BCUT2D eigenvalue weighted by molar-refractivity contribution is 0.880. The van der Waals surface area contributed by atoms with Crippen LogP contribution in [0.1, 0.15) is 5.56 Å². The molecule has 2 aromatic rings. The summed E-state index contributed by atoms with van der Waals surface area (Å²) in [4.78, 5) is 0. The van der Waals surface area contributed by atoms with E-state index in [2.05, 4.69) is 5.10 Å². The fourth-order valence-electron chi connectivity index (χ4n) is 1.16. The molecule has 13 heavy (non-hydrogen) atoms. The summed E-state index contributed by atoms with van der Waals surface area (Å²) in [7, 11) is 0. The van der Waals surface area contributed by atoms with Gasteiger partial charge in [0.05, 0.1) is 5.69 Å². The Balaban J connectivity index is 2.33. The number of aromatic nitrogens is 2. The first-order valence-electron chi connectivity index (χ1n) is 4.05. The number of hydrogen-bond donors (Lipinski definition) is 0. The average molecular weight is 193 g/mol. The van der Waals surface area contributed by atoms with E-state index in [4.69, 9.17) is 11.6 Å². The van der Waals surface area contributed by atoms with Crippen LogP contribution in [-0.4, -0.2) is 9.78 Å². The summed E-state index contributed by atoms with van der Waals surface area (Å²) in [6.07, 6.45) is 3.67. The molecule has 2 nitrogen and oxygen atoms in total. The van der Waals surface area contributed by atoms with Crippen LogP contribution in [0.15, 0.2) is 42.7 Å². The lowest BCUT2D eigenvalue weighted by Crippen LogP contribution is -1.93. The average Bonchev–Trinajstić information content (AvgIpc) is 2.71. The van der Waals surface area contributed by atoms with Gasteiger partial charge in [-0.2, -0.15) is 5.10 Å². The molecule has 1 aromatic heterocycles. The van der Waals surface area contributed by atoms with Gasteiger partial charge in [-0.1, -0.05) is 12.1 Å². The molecule has 0 aliphatic rings.